The molecule has 0 saturated carbocycles. The number of nitrogen functional groups attached to an aromatic ring is 1. The molecule has 1 fully saturated rings. The number of aromatic nitrogens is 1. The highest BCUT2D eigenvalue weighted by Gasteiger charge is 2.26. The van der Waals surface area contributed by atoms with E-state index in [4.69, 9.17) is 5.73 Å². The molecule has 7 heteroatoms. The summed E-state index contributed by atoms with van der Waals surface area (Å²) in [5, 5.41) is 2.86. The molecular formula is C20H25N5OS. The second kappa shape index (κ2) is 7.78. The molecule has 0 radical (unpaired) electrons. The zero-order chi connectivity index (χ0) is 18.8. The van der Waals surface area contributed by atoms with Crippen molar-refractivity contribution in [3.63, 3.8) is 0 Å². The van der Waals surface area contributed by atoms with Gasteiger partial charge in [-0.05, 0) is 43.1 Å². The Bertz CT molecular complexity index is 850. The number of amides is 1. The number of thiol groups is 1. The number of likely N-dealkylation sites (tertiary alicyclic amines) is 1. The number of fused-ring (bicyclic) bond motifs is 1. The molecule has 1 saturated heterocycles. The standard InChI is InChI=1S/C20H25N5OS/c21-17-9-16(13-27)22-20-19(17)23-18(26)12-25(20)11-15-5-3-4-14(8-15)10-24-6-1-2-7-24/h3-5,8-9,27H,1-2,6-7,10-13H2,(H2,21,22)(H,23,26). The van der Waals surface area contributed by atoms with Crippen LogP contribution in [0.3, 0.4) is 0 Å². The van der Waals surface area contributed by atoms with E-state index < -0.39 is 0 Å². The van der Waals surface area contributed by atoms with Gasteiger partial charge < -0.3 is 16.0 Å². The van der Waals surface area contributed by atoms with Crippen LogP contribution in [-0.4, -0.2) is 35.4 Å². The topological polar surface area (TPSA) is 74.5 Å². The van der Waals surface area contributed by atoms with Gasteiger partial charge in [0, 0.05) is 18.8 Å². The number of pyridine rings is 1. The number of rotatable bonds is 5. The Balaban J connectivity index is 1.58. The molecule has 2 aliphatic rings. The van der Waals surface area contributed by atoms with E-state index in [2.05, 4.69) is 52.1 Å². The maximum Gasteiger partial charge on any atom is 0.244 e. The monoisotopic (exact) mass is 383 g/mol. The number of hydrogen-bond acceptors (Lipinski definition) is 6. The van der Waals surface area contributed by atoms with Gasteiger partial charge in [-0.2, -0.15) is 12.6 Å². The van der Waals surface area contributed by atoms with E-state index in [0.717, 1.165) is 18.1 Å². The average molecular weight is 384 g/mol. The summed E-state index contributed by atoms with van der Waals surface area (Å²) in [5.41, 5.74) is 10.6. The molecule has 142 valence electrons. The van der Waals surface area contributed by atoms with Crippen LogP contribution in [0.15, 0.2) is 30.3 Å². The summed E-state index contributed by atoms with van der Waals surface area (Å²) in [6.07, 6.45) is 2.58. The molecule has 0 bridgehead atoms. The van der Waals surface area contributed by atoms with Crippen LogP contribution < -0.4 is 16.0 Å². The lowest BCUT2D eigenvalue weighted by atomic mass is 10.1. The van der Waals surface area contributed by atoms with Crippen LogP contribution >= 0.6 is 12.6 Å². The number of carbonyl (C=O) groups is 1. The fourth-order valence-corrected chi connectivity index (χ4v) is 4.01. The predicted octanol–water partition coefficient (Wildman–Crippen LogP) is 2.65. The van der Waals surface area contributed by atoms with Crippen molar-refractivity contribution < 1.29 is 4.79 Å². The third-order valence-electron chi connectivity index (χ3n) is 5.11. The van der Waals surface area contributed by atoms with Gasteiger partial charge in [0.25, 0.3) is 0 Å². The first kappa shape index (κ1) is 18.1. The van der Waals surface area contributed by atoms with Crippen molar-refractivity contribution in [1.29, 1.82) is 0 Å². The Kier molecular flexibility index (Phi) is 5.22. The molecule has 1 aromatic heterocycles. The van der Waals surface area contributed by atoms with Crippen LogP contribution in [0.2, 0.25) is 0 Å². The second-order valence-electron chi connectivity index (χ2n) is 7.27. The lowest BCUT2D eigenvalue weighted by Gasteiger charge is -2.31. The van der Waals surface area contributed by atoms with Crippen LogP contribution in [-0.2, 0) is 23.6 Å². The maximum absolute atomic E-state index is 12.2. The van der Waals surface area contributed by atoms with E-state index in [-0.39, 0.29) is 12.5 Å². The SMILES string of the molecule is Nc1cc(CS)nc2c1NC(=O)CN2Cc1cccc(CN2CCCC2)c1. The number of nitrogens with two attached hydrogens (primary N) is 1. The van der Waals surface area contributed by atoms with Gasteiger partial charge in [0.1, 0.15) is 5.69 Å². The van der Waals surface area contributed by atoms with Gasteiger partial charge in [-0.3, -0.25) is 9.69 Å². The maximum atomic E-state index is 12.2. The van der Waals surface area contributed by atoms with Crippen molar-refractivity contribution in [3.05, 3.63) is 47.2 Å². The summed E-state index contributed by atoms with van der Waals surface area (Å²) in [7, 11) is 0. The first-order valence-corrected chi connectivity index (χ1v) is 10.0. The normalized spacial score (nSPS) is 17.1. The molecule has 0 atom stereocenters. The van der Waals surface area contributed by atoms with Gasteiger partial charge in [0.15, 0.2) is 5.82 Å². The number of hydrogen-bond donors (Lipinski definition) is 3. The predicted molar refractivity (Wildman–Crippen MR) is 112 cm³/mol. The van der Waals surface area contributed by atoms with Crippen LogP contribution in [0.25, 0.3) is 0 Å². The van der Waals surface area contributed by atoms with Crippen molar-refractivity contribution in [3.8, 4) is 0 Å². The molecule has 2 aromatic rings. The van der Waals surface area contributed by atoms with Crippen LogP contribution in [0.4, 0.5) is 17.2 Å². The third kappa shape index (κ3) is 4.04. The average Bonchev–Trinajstić information content (AvgIpc) is 3.15. The first-order chi connectivity index (χ1) is 13.1. The van der Waals surface area contributed by atoms with Gasteiger partial charge in [0.2, 0.25) is 5.91 Å². The minimum Gasteiger partial charge on any atom is -0.397 e. The lowest BCUT2D eigenvalue weighted by Crippen LogP contribution is -2.39. The number of nitrogens with one attached hydrogen (secondary N) is 1. The number of carbonyl (C=O) groups excluding carboxylic acids is 1. The highest BCUT2D eigenvalue weighted by molar-refractivity contribution is 7.79. The molecule has 3 N–H and O–H groups in total. The van der Waals surface area contributed by atoms with Crippen LogP contribution in [0.1, 0.15) is 29.7 Å². The van der Waals surface area contributed by atoms with Crippen molar-refractivity contribution >= 4 is 35.7 Å². The summed E-state index contributed by atoms with van der Waals surface area (Å²) < 4.78 is 0. The van der Waals surface area contributed by atoms with Gasteiger partial charge in [-0.15, -0.1) is 0 Å². The fourth-order valence-electron chi connectivity index (χ4n) is 3.85. The van der Waals surface area contributed by atoms with Gasteiger partial charge in [-0.25, -0.2) is 4.98 Å². The van der Waals surface area contributed by atoms with Crippen LogP contribution in [0, 0.1) is 0 Å². The van der Waals surface area contributed by atoms with Crippen molar-refractivity contribution in [2.75, 3.05) is 35.6 Å². The summed E-state index contributed by atoms with van der Waals surface area (Å²) in [5.74, 6) is 1.16. The Morgan fingerprint density at radius 1 is 1.15 bits per heavy atom. The minimum atomic E-state index is -0.0668. The Labute approximate surface area is 165 Å². The van der Waals surface area contributed by atoms with E-state index in [9.17, 15) is 4.79 Å². The Morgan fingerprint density at radius 3 is 2.63 bits per heavy atom. The molecule has 0 unspecified atom stereocenters. The Hall–Kier alpha value is -2.25. The summed E-state index contributed by atoms with van der Waals surface area (Å²) in [6.45, 7) is 4.24. The minimum absolute atomic E-state index is 0.0668. The fraction of sp³-hybridized carbons (Fsp3) is 0.400. The van der Waals surface area contributed by atoms with Crippen molar-refractivity contribution in [2.45, 2.75) is 31.7 Å². The van der Waals surface area contributed by atoms with E-state index in [1.165, 1.54) is 37.1 Å². The molecule has 27 heavy (non-hydrogen) atoms. The third-order valence-corrected chi connectivity index (χ3v) is 5.44. The van der Waals surface area contributed by atoms with E-state index in [0.29, 0.717) is 23.7 Å². The van der Waals surface area contributed by atoms with Gasteiger partial charge in [-0.1, -0.05) is 24.3 Å². The molecule has 0 aliphatic carbocycles. The van der Waals surface area contributed by atoms with Gasteiger partial charge in [0.05, 0.1) is 17.9 Å². The molecule has 1 amide bonds. The molecular weight excluding hydrogens is 358 g/mol. The smallest absolute Gasteiger partial charge is 0.244 e. The summed E-state index contributed by atoms with van der Waals surface area (Å²) >= 11 is 4.31. The molecule has 4 rings (SSSR count). The van der Waals surface area contributed by atoms with Crippen LogP contribution in [0.5, 0.6) is 0 Å². The number of anilines is 3. The molecule has 6 nitrogen and oxygen atoms in total. The molecule has 0 spiro atoms. The van der Waals surface area contributed by atoms with Crippen molar-refractivity contribution in [1.82, 2.24) is 9.88 Å². The zero-order valence-corrected chi connectivity index (χ0v) is 16.2. The number of benzene rings is 1. The first-order valence-electron chi connectivity index (χ1n) is 9.37. The number of nitrogens with zero attached hydrogens (tertiary/aromatic N) is 3. The van der Waals surface area contributed by atoms with E-state index >= 15 is 0 Å². The highest BCUT2D eigenvalue weighted by Crippen LogP contribution is 2.34. The quantitative estimate of drug-likeness (QED) is 0.692. The summed E-state index contributed by atoms with van der Waals surface area (Å²) in [6, 6.07) is 10.4. The second-order valence-corrected chi connectivity index (χ2v) is 7.58. The zero-order valence-electron chi connectivity index (χ0n) is 15.3. The van der Waals surface area contributed by atoms with E-state index in [1.54, 1.807) is 6.07 Å². The summed E-state index contributed by atoms with van der Waals surface area (Å²) in [4.78, 5) is 21.3. The van der Waals surface area contributed by atoms with Gasteiger partial charge >= 0.3 is 0 Å². The Morgan fingerprint density at radius 2 is 1.89 bits per heavy atom. The molecule has 1 aromatic carbocycles. The van der Waals surface area contributed by atoms with E-state index in [1.807, 2.05) is 4.90 Å². The van der Waals surface area contributed by atoms with Crippen molar-refractivity contribution in [2.24, 2.45) is 0 Å². The largest absolute Gasteiger partial charge is 0.397 e. The molecule has 3 heterocycles. The highest BCUT2D eigenvalue weighted by atomic mass is 32.1. The molecule has 2 aliphatic heterocycles. The lowest BCUT2D eigenvalue weighted by molar-refractivity contribution is -0.115.